The van der Waals surface area contributed by atoms with E-state index < -0.39 is 11.9 Å². The normalized spacial score (nSPS) is 15.5. The standard InChI is InChI=1S/C24H22BrNO7S/c1-4-32-24(29)21-22(28)19(34-23(21)26-15-8-6-5-7-9-15)11-14-10-17(30-2)18(12-16(14)25)33-13-20(27)31-3/h5-12,28H,4,13H2,1-3H3/b19-11-,26-23?. The van der Waals surface area contributed by atoms with Crippen LogP contribution in [0.25, 0.3) is 6.08 Å². The van der Waals surface area contributed by atoms with E-state index in [2.05, 4.69) is 25.7 Å². The number of hydrogen-bond donors (Lipinski definition) is 1. The van der Waals surface area contributed by atoms with Gasteiger partial charge in [0, 0.05) is 4.47 Å². The largest absolute Gasteiger partial charge is 0.506 e. The van der Waals surface area contributed by atoms with Gasteiger partial charge in [-0.2, -0.15) is 0 Å². The summed E-state index contributed by atoms with van der Waals surface area (Å²) in [7, 11) is 2.74. The van der Waals surface area contributed by atoms with Gasteiger partial charge in [-0.3, -0.25) is 0 Å². The van der Waals surface area contributed by atoms with Crippen molar-refractivity contribution in [3.63, 3.8) is 0 Å². The van der Waals surface area contributed by atoms with Crippen LogP contribution in [0, 0.1) is 0 Å². The van der Waals surface area contributed by atoms with Crippen LogP contribution in [-0.4, -0.2) is 49.5 Å². The van der Waals surface area contributed by atoms with Crippen molar-refractivity contribution in [1.29, 1.82) is 0 Å². The van der Waals surface area contributed by atoms with E-state index in [1.165, 1.54) is 14.2 Å². The lowest BCUT2D eigenvalue weighted by Gasteiger charge is -2.12. The molecule has 1 aliphatic heterocycles. The highest BCUT2D eigenvalue weighted by Crippen LogP contribution is 2.42. The van der Waals surface area contributed by atoms with Gasteiger partial charge in [0.15, 0.2) is 18.1 Å². The first-order valence-corrected chi connectivity index (χ1v) is 11.7. The fourth-order valence-corrected chi connectivity index (χ4v) is 4.35. The van der Waals surface area contributed by atoms with E-state index in [1.807, 2.05) is 18.2 Å². The van der Waals surface area contributed by atoms with Gasteiger partial charge in [-0.05, 0) is 42.8 Å². The first-order chi connectivity index (χ1) is 16.4. The van der Waals surface area contributed by atoms with E-state index in [9.17, 15) is 14.7 Å². The minimum atomic E-state index is -0.659. The van der Waals surface area contributed by atoms with Crippen molar-refractivity contribution in [3.8, 4) is 11.5 Å². The zero-order valence-electron chi connectivity index (χ0n) is 18.7. The molecule has 0 saturated heterocycles. The summed E-state index contributed by atoms with van der Waals surface area (Å²) < 4.78 is 21.2. The first kappa shape index (κ1) is 25.4. The number of aliphatic hydroxyl groups is 1. The van der Waals surface area contributed by atoms with Crippen molar-refractivity contribution in [2.45, 2.75) is 6.92 Å². The van der Waals surface area contributed by atoms with Crippen LogP contribution in [0.4, 0.5) is 5.69 Å². The second-order valence-electron chi connectivity index (χ2n) is 6.70. The third kappa shape index (κ3) is 6.00. The second-order valence-corrected chi connectivity index (χ2v) is 8.58. The van der Waals surface area contributed by atoms with Gasteiger partial charge < -0.3 is 24.1 Å². The summed E-state index contributed by atoms with van der Waals surface area (Å²) in [6, 6.07) is 12.4. The lowest BCUT2D eigenvalue weighted by Crippen LogP contribution is -2.13. The molecule has 1 N–H and O–H groups in total. The van der Waals surface area contributed by atoms with E-state index in [0.29, 0.717) is 37.2 Å². The SMILES string of the molecule is CCOC(=O)C1=C(O)/C(=C/c2cc(OC)c(OCC(=O)OC)cc2Br)SC1=Nc1ccccc1. The van der Waals surface area contributed by atoms with Crippen molar-refractivity contribution in [2.75, 3.05) is 27.4 Å². The summed E-state index contributed by atoms with van der Waals surface area (Å²) in [5.74, 6) is -0.712. The lowest BCUT2D eigenvalue weighted by atomic mass is 10.1. The molecule has 8 nitrogen and oxygen atoms in total. The minimum absolute atomic E-state index is 0.00284. The Morgan fingerprint density at radius 2 is 1.88 bits per heavy atom. The maximum absolute atomic E-state index is 12.6. The molecule has 178 valence electrons. The second kappa shape index (κ2) is 11.8. The van der Waals surface area contributed by atoms with Crippen LogP contribution in [0.1, 0.15) is 12.5 Å². The number of para-hydroxylation sites is 1. The van der Waals surface area contributed by atoms with Crippen LogP contribution < -0.4 is 9.47 Å². The molecule has 1 aliphatic rings. The molecule has 0 fully saturated rings. The molecule has 2 aromatic rings. The van der Waals surface area contributed by atoms with Crippen molar-refractivity contribution in [1.82, 2.24) is 0 Å². The lowest BCUT2D eigenvalue weighted by molar-refractivity contribution is -0.143. The Hall–Kier alpha value is -3.24. The van der Waals surface area contributed by atoms with Gasteiger partial charge in [0.05, 0.1) is 31.4 Å². The van der Waals surface area contributed by atoms with Crippen molar-refractivity contribution in [2.24, 2.45) is 4.99 Å². The summed E-state index contributed by atoms with van der Waals surface area (Å²) in [5, 5.41) is 11.2. The van der Waals surface area contributed by atoms with Gasteiger partial charge in [0.1, 0.15) is 16.4 Å². The summed E-state index contributed by atoms with van der Waals surface area (Å²) >= 11 is 4.62. The van der Waals surface area contributed by atoms with Crippen LogP contribution in [0.5, 0.6) is 11.5 Å². The molecular formula is C24H22BrNO7S. The fraction of sp³-hybridized carbons (Fsp3) is 0.208. The Balaban J connectivity index is 2.00. The maximum atomic E-state index is 12.6. The first-order valence-electron chi connectivity index (χ1n) is 10.1. The van der Waals surface area contributed by atoms with Crippen LogP contribution in [-0.2, 0) is 19.1 Å². The zero-order chi connectivity index (χ0) is 24.7. The number of benzene rings is 2. The predicted octanol–water partition coefficient (Wildman–Crippen LogP) is 5.20. The quantitative estimate of drug-likeness (QED) is 0.449. The molecule has 1 heterocycles. The van der Waals surface area contributed by atoms with Gasteiger partial charge in [0.2, 0.25) is 0 Å². The zero-order valence-corrected chi connectivity index (χ0v) is 21.1. The summed E-state index contributed by atoms with van der Waals surface area (Å²) in [6.45, 7) is 1.57. The molecular weight excluding hydrogens is 526 g/mol. The number of rotatable bonds is 8. The topological polar surface area (TPSA) is 104 Å². The van der Waals surface area contributed by atoms with Gasteiger partial charge in [-0.25, -0.2) is 14.6 Å². The van der Waals surface area contributed by atoms with Crippen LogP contribution in [0.15, 0.2) is 68.2 Å². The Morgan fingerprint density at radius 3 is 2.53 bits per heavy atom. The number of nitrogens with zero attached hydrogens (tertiary/aromatic N) is 1. The predicted molar refractivity (Wildman–Crippen MR) is 134 cm³/mol. The van der Waals surface area contributed by atoms with Crippen molar-refractivity contribution < 1.29 is 33.6 Å². The number of aliphatic hydroxyl groups excluding tert-OH is 1. The Kier molecular flexibility index (Phi) is 8.78. The van der Waals surface area contributed by atoms with Crippen LogP contribution in [0.3, 0.4) is 0 Å². The Bertz CT molecular complexity index is 1180. The number of halogens is 1. The monoisotopic (exact) mass is 547 g/mol. The van der Waals surface area contributed by atoms with Gasteiger partial charge in [-0.15, -0.1) is 0 Å². The molecule has 0 spiro atoms. The van der Waals surface area contributed by atoms with Crippen molar-refractivity contribution >= 4 is 56.4 Å². The summed E-state index contributed by atoms with van der Waals surface area (Å²) in [6.07, 6.45) is 1.68. The van der Waals surface area contributed by atoms with Gasteiger partial charge in [0.25, 0.3) is 0 Å². The number of aliphatic imine (C=N–C) groups is 1. The van der Waals surface area contributed by atoms with E-state index in [-0.39, 0.29) is 24.5 Å². The van der Waals surface area contributed by atoms with E-state index in [1.54, 1.807) is 37.3 Å². The molecule has 0 amide bonds. The highest BCUT2D eigenvalue weighted by Gasteiger charge is 2.33. The average Bonchev–Trinajstić information content (AvgIpc) is 3.13. The number of methoxy groups -OCH3 is 2. The summed E-state index contributed by atoms with van der Waals surface area (Å²) in [5.41, 5.74) is 1.28. The number of thioether (sulfide) groups is 1. The highest BCUT2D eigenvalue weighted by atomic mass is 79.9. The number of ether oxygens (including phenoxy) is 4. The number of carbonyl (C=O) groups excluding carboxylic acids is 2. The molecule has 0 saturated carbocycles. The fourth-order valence-electron chi connectivity index (χ4n) is 2.88. The molecule has 10 heteroatoms. The molecule has 0 unspecified atom stereocenters. The summed E-state index contributed by atoms with van der Waals surface area (Å²) in [4.78, 5) is 28.9. The third-order valence-corrected chi connectivity index (χ3v) is 6.21. The van der Waals surface area contributed by atoms with Gasteiger partial charge in [-0.1, -0.05) is 45.9 Å². The molecule has 0 radical (unpaired) electrons. The van der Waals surface area contributed by atoms with Crippen molar-refractivity contribution in [3.05, 3.63) is 68.7 Å². The molecule has 0 atom stereocenters. The Labute approximate surface area is 209 Å². The number of carbonyl (C=O) groups is 2. The maximum Gasteiger partial charge on any atom is 0.344 e. The van der Waals surface area contributed by atoms with Crippen LogP contribution in [0.2, 0.25) is 0 Å². The highest BCUT2D eigenvalue weighted by molar-refractivity contribution is 9.10. The van der Waals surface area contributed by atoms with E-state index in [0.717, 1.165) is 11.8 Å². The average molecular weight is 548 g/mol. The number of hydrogen-bond acceptors (Lipinski definition) is 9. The molecule has 3 rings (SSSR count). The smallest absolute Gasteiger partial charge is 0.344 e. The molecule has 2 aromatic carbocycles. The number of esters is 2. The molecule has 0 bridgehead atoms. The molecule has 0 aromatic heterocycles. The molecule has 34 heavy (non-hydrogen) atoms. The minimum Gasteiger partial charge on any atom is -0.506 e. The van der Waals surface area contributed by atoms with Gasteiger partial charge >= 0.3 is 11.9 Å². The van der Waals surface area contributed by atoms with E-state index >= 15 is 0 Å². The molecule has 0 aliphatic carbocycles. The van der Waals surface area contributed by atoms with Crippen LogP contribution >= 0.6 is 27.7 Å². The third-order valence-electron chi connectivity index (χ3n) is 4.50. The van der Waals surface area contributed by atoms with E-state index in [4.69, 9.17) is 14.2 Å². The Morgan fingerprint density at radius 1 is 1.15 bits per heavy atom.